The van der Waals surface area contributed by atoms with Gasteiger partial charge < -0.3 is 25.5 Å². The summed E-state index contributed by atoms with van der Waals surface area (Å²) in [5.74, 6) is 0.0941. The molecular formula is C35H48N4O6S. The van der Waals surface area contributed by atoms with E-state index in [1.54, 1.807) is 7.11 Å². The SMILES string of the molecule is CCCN(CCC)S(=O)(=O)c1cc(C(=O)N[C@@H](Cc2ccccc2)[C@H](O)CNC2(c3cccc(OC)c3)CCCCC2)[nH]c(=O)c1. The van der Waals surface area contributed by atoms with Gasteiger partial charge in [-0.3, -0.25) is 9.59 Å². The maximum atomic E-state index is 13.6. The molecule has 1 saturated carbocycles. The number of aliphatic hydroxyl groups excluding tert-OH is 1. The van der Waals surface area contributed by atoms with Crippen LogP contribution in [0.15, 0.2) is 76.4 Å². The Hall–Kier alpha value is -3.51. The lowest BCUT2D eigenvalue weighted by molar-refractivity contribution is 0.0784. The van der Waals surface area contributed by atoms with Crippen LogP contribution in [0.4, 0.5) is 0 Å². The Morgan fingerprint density at radius 3 is 2.35 bits per heavy atom. The number of amides is 1. The molecule has 0 aliphatic heterocycles. The number of H-pyrrole nitrogens is 1. The third-order valence-corrected chi connectivity index (χ3v) is 10.6. The Kier molecular flexibility index (Phi) is 12.6. The molecule has 1 aromatic heterocycles. The topological polar surface area (TPSA) is 141 Å². The molecule has 2 aromatic carbocycles. The molecule has 0 saturated heterocycles. The fraction of sp³-hybridized carbons (Fsp3) is 0.486. The van der Waals surface area contributed by atoms with Gasteiger partial charge in [0.15, 0.2) is 0 Å². The van der Waals surface area contributed by atoms with Crippen molar-refractivity contribution in [1.29, 1.82) is 0 Å². The van der Waals surface area contributed by atoms with Gasteiger partial charge in [-0.25, -0.2) is 8.42 Å². The molecule has 10 nitrogen and oxygen atoms in total. The Morgan fingerprint density at radius 1 is 1.00 bits per heavy atom. The second-order valence-electron chi connectivity index (χ2n) is 12.1. The zero-order valence-electron chi connectivity index (χ0n) is 27.1. The number of aromatic nitrogens is 1. The Bertz CT molecular complexity index is 1580. The van der Waals surface area contributed by atoms with Crippen LogP contribution in [0.5, 0.6) is 5.75 Å². The van der Waals surface area contributed by atoms with E-state index in [0.717, 1.165) is 55.0 Å². The standard InChI is InChI=1S/C35H48N4O6S/c1-4-19-39(20-5-2)46(43,44)29-23-31(37-33(41)24-29)34(42)38-30(21-26-13-8-6-9-14-26)32(40)25-36-35(17-10-7-11-18-35)27-15-12-16-28(22-27)45-3/h6,8-9,12-16,22-24,30,32,36,40H,4-5,7,10-11,17-21,25H2,1-3H3,(H,37,41)(H,38,42)/t30-,32+/m0/s1. The number of nitrogens with zero attached hydrogens (tertiary/aromatic N) is 1. The molecular weight excluding hydrogens is 604 g/mol. The molecule has 1 heterocycles. The molecule has 4 N–H and O–H groups in total. The van der Waals surface area contributed by atoms with E-state index in [-0.39, 0.29) is 22.7 Å². The third kappa shape index (κ3) is 8.85. The smallest absolute Gasteiger partial charge is 0.268 e. The van der Waals surface area contributed by atoms with E-state index in [4.69, 9.17) is 4.74 Å². The first kappa shape index (κ1) is 35.3. The molecule has 1 amide bonds. The van der Waals surface area contributed by atoms with Crippen LogP contribution in [0.1, 0.15) is 80.4 Å². The fourth-order valence-corrected chi connectivity index (χ4v) is 7.94. The molecule has 0 unspecified atom stereocenters. The van der Waals surface area contributed by atoms with Crippen molar-refractivity contribution in [3.8, 4) is 5.75 Å². The molecule has 1 aliphatic rings. The van der Waals surface area contributed by atoms with E-state index >= 15 is 0 Å². The zero-order valence-corrected chi connectivity index (χ0v) is 27.9. The van der Waals surface area contributed by atoms with Gasteiger partial charge in [0.05, 0.1) is 24.2 Å². The largest absolute Gasteiger partial charge is 0.497 e. The van der Waals surface area contributed by atoms with Gasteiger partial charge in [-0.15, -0.1) is 0 Å². The van der Waals surface area contributed by atoms with E-state index in [9.17, 15) is 23.1 Å². The molecule has 0 radical (unpaired) electrons. The quantitative estimate of drug-likeness (QED) is 0.180. The summed E-state index contributed by atoms with van der Waals surface area (Å²) in [4.78, 5) is 28.5. The Labute approximate surface area is 272 Å². The predicted octanol–water partition coefficient (Wildman–Crippen LogP) is 4.35. The van der Waals surface area contributed by atoms with Crippen molar-refractivity contribution in [1.82, 2.24) is 19.9 Å². The van der Waals surface area contributed by atoms with Crippen LogP contribution in [0.25, 0.3) is 0 Å². The van der Waals surface area contributed by atoms with Crippen LogP contribution in [-0.4, -0.2) is 67.6 Å². The first-order valence-electron chi connectivity index (χ1n) is 16.3. The van der Waals surface area contributed by atoms with Crippen molar-refractivity contribution in [2.75, 3.05) is 26.7 Å². The third-order valence-electron chi connectivity index (χ3n) is 8.70. The van der Waals surface area contributed by atoms with Crippen molar-refractivity contribution >= 4 is 15.9 Å². The van der Waals surface area contributed by atoms with E-state index in [2.05, 4.69) is 21.7 Å². The summed E-state index contributed by atoms with van der Waals surface area (Å²) >= 11 is 0. The molecule has 46 heavy (non-hydrogen) atoms. The van der Waals surface area contributed by atoms with Crippen molar-refractivity contribution in [2.45, 2.75) is 87.8 Å². The fourth-order valence-electron chi connectivity index (χ4n) is 6.27. The summed E-state index contributed by atoms with van der Waals surface area (Å²) < 4.78 is 33.7. The summed E-state index contributed by atoms with van der Waals surface area (Å²) in [6.07, 6.45) is 5.59. The van der Waals surface area contributed by atoms with E-state index in [1.165, 1.54) is 10.4 Å². The Balaban J connectivity index is 1.59. The number of ether oxygens (including phenoxy) is 1. The molecule has 3 aromatic rings. The van der Waals surface area contributed by atoms with Gasteiger partial charge in [-0.05, 0) is 61.4 Å². The number of carbonyl (C=O) groups excluding carboxylic acids is 1. The van der Waals surface area contributed by atoms with E-state index < -0.39 is 33.6 Å². The van der Waals surface area contributed by atoms with Crippen LogP contribution < -0.4 is 20.9 Å². The monoisotopic (exact) mass is 652 g/mol. The average molecular weight is 653 g/mol. The number of hydrogen-bond acceptors (Lipinski definition) is 7. The zero-order chi connectivity index (χ0) is 33.2. The normalized spacial score (nSPS) is 16.1. The minimum Gasteiger partial charge on any atom is -0.497 e. The number of aromatic amines is 1. The molecule has 1 aliphatic carbocycles. The van der Waals surface area contributed by atoms with Crippen molar-refractivity contribution in [3.05, 3.63) is 93.9 Å². The summed E-state index contributed by atoms with van der Waals surface area (Å²) in [5, 5.41) is 18.2. The number of methoxy groups -OCH3 is 1. The van der Waals surface area contributed by atoms with Crippen LogP contribution in [0.3, 0.4) is 0 Å². The van der Waals surface area contributed by atoms with Crippen LogP contribution in [0, 0.1) is 0 Å². The highest BCUT2D eigenvalue weighted by Crippen LogP contribution is 2.38. The maximum absolute atomic E-state index is 13.6. The molecule has 0 spiro atoms. The molecule has 0 bridgehead atoms. The first-order chi connectivity index (χ1) is 22.1. The van der Waals surface area contributed by atoms with Crippen molar-refractivity contribution < 1.29 is 23.1 Å². The number of nitrogens with one attached hydrogen (secondary N) is 3. The molecule has 11 heteroatoms. The van der Waals surface area contributed by atoms with Gasteiger partial charge in [0, 0.05) is 31.2 Å². The number of benzene rings is 2. The lowest BCUT2D eigenvalue weighted by Crippen LogP contribution is -2.53. The second kappa shape index (κ2) is 16.4. The average Bonchev–Trinajstić information content (AvgIpc) is 3.07. The van der Waals surface area contributed by atoms with Crippen LogP contribution in [0.2, 0.25) is 0 Å². The summed E-state index contributed by atoms with van der Waals surface area (Å²) in [6.45, 7) is 4.58. The first-order valence-corrected chi connectivity index (χ1v) is 17.7. The van der Waals surface area contributed by atoms with Gasteiger partial charge in [-0.1, -0.05) is 75.6 Å². The van der Waals surface area contributed by atoms with E-state index in [1.807, 2.05) is 62.4 Å². The molecule has 4 rings (SSSR count). The lowest BCUT2D eigenvalue weighted by atomic mass is 9.76. The van der Waals surface area contributed by atoms with Gasteiger partial charge in [-0.2, -0.15) is 4.31 Å². The number of pyridine rings is 1. The van der Waals surface area contributed by atoms with Crippen molar-refractivity contribution in [2.24, 2.45) is 0 Å². The Morgan fingerprint density at radius 2 is 1.70 bits per heavy atom. The molecule has 250 valence electrons. The minimum atomic E-state index is -3.99. The second-order valence-corrected chi connectivity index (χ2v) is 14.0. The highest BCUT2D eigenvalue weighted by Gasteiger charge is 2.35. The van der Waals surface area contributed by atoms with Gasteiger partial charge >= 0.3 is 0 Å². The highest BCUT2D eigenvalue weighted by molar-refractivity contribution is 7.89. The summed E-state index contributed by atoms with van der Waals surface area (Å²) in [7, 11) is -2.35. The predicted molar refractivity (Wildman–Crippen MR) is 180 cm³/mol. The van der Waals surface area contributed by atoms with Crippen molar-refractivity contribution in [3.63, 3.8) is 0 Å². The number of rotatable bonds is 16. The number of carbonyl (C=O) groups is 1. The number of sulfonamides is 1. The molecule has 1 fully saturated rings. The van der Waals surface area contributed by atoms with Gasteiger partial charge in [0.1, 0.15) is 11.4 Å². The lowest BCUT2D eigenvalue weighted by Gasteiger charge is -2.40. The maximum Gasteiger partial charge on any atom is 0.268 e. The summed E-state index contributed by atoms with van der Waals surface area (Å²) in [5.41, 5.74) is 0.770. The number of aliphatic hydroxyl groups is 1. The summed E-state index contributed by atoms with van der Waals surface area (Å²) in [6, 6.07) is 19.0. The van der Waals surface area contributed by atoms with Crippen LogP contribution >= 0.6 is 0 Å². The molecule has 2 atom stereocenters. The van der Waals surface area contributed by atoms with Crippen LogP contribution in [-0.2, 0) is 22.0 Å². The van der Waals surface area contributed by atoms with Gasteiger partial charge in [0.2, 0.25) is 15.6 Å². The van der Waals surface area contributed by atoms with Gasteiger partial charge in [0.25, 0.3) is 5.91 Å². The minimum absolute atomic E-state index is 0.183. The highest BCUT2D eigenvalue weighted by atomic mass is 32.2. The van der Waals surface area contributed by atoms with E-state index in [0.29, 0.717) is 32.4 Å². The number of hydrogen-bond donors (Lipinski definition) is 4.